The summed E-state index contributed by atoms with van der Waals surface area (Å²) in [6, 6.07) is 13.1. The Balaban J connectivity index is 0.00000187. The van der Waals surface area contributed by atoms with Crippen molar-refractivity contribution in [3.05, 3.63) is 101 Å². The van der Waals surface area contributed by atoms with Crippen molar-refractivity contribution in [2.24, 2.45) is 0 Å². The summed E-state index contributed by atoms with van der Waals surface area (Å²) in [5.41, 5.74) is 8.52. The van der Waals surface area contributed by atoms with Crippen molar-refractivity contribution >= 4 is 18.3 Å². The van der Waals surface area contributed by atoms with Crippen LogP contribution in [0.25, 0.3) is 5.57 Å². The maximum Gasteiger partial charge on any atom is 0.246 e. The summed E-state index contributed by atoms with van der Waals surface area (Å²) < 4.78 is 0. The average Bonchev–Trinajstić information content (AvgIpc) is 2.78. The normalized spacial score (nSPS) is 15.4. The zero-order valence-corrected chi connectivity index (χ0v) is 21.2. The van der Waals surface area contributed by atoms with E-state index in [1.165, 1.54) is 22.3 Å². The van der Waals surface area contributed by atoms with Crippen LogP contribution in [-0.2, 0) is 27.0 Å². The number of carbonyl (C=O) groups excluding carboxylic acids is 2. The van der Waals surface area contributed by atoms with Gasteiger partial charge in [-0.3, -0.25) is 4.79 Å². The maximum atomic E-state index is 12.0. The van der Waals surface area contributed by atoms with Gasteiger partial charge in [-0.15, -0.1) is 0 Å². The minimum Gasteiger partial charge on any atom is -0.338 e. The van der Waals surface area contributed by atoms with Gasteiger partial charge in [0.25, 0.3) is 0 Å². The van der Waals surface area contributed by atoms with E-state index in [9.17, 15) is 4.79 Å². The van der Waals surface area contributed by atoms with Gasteiger partial charge in [-0.1, -0.05) is 82.8 Å². The molecule has 1 aliphatic rings. The molecule has 0 heterocycles. The van der Waals surface area contributed by atoms with Gasteiger partial charge in [0.15, 0.2) is 0 Å². The number of nitrogens with zero attached hydrogens (tertiary/aromatic N) is 1. The first-order chi connectivity index (χ1) is 15.5. The number of likely N-dealkylation sites (N-methyl/N-ethyl adjacent to an activating group) is 1. The number of amides is 1. The van der Waals surface area contributed by atoms with Gasteiger partial charge in [-0.2, -0.15) is 0 Å². The second kappa shape index (κ2) is 10.2. The van der Waals surface area contributed by atoms with E-state index in [-0.39, 0.29) is 16.7 Å². The summed E-state index contributed by atoms with van der Waals surface area (Å²) in [4.78, 5) is 21.7. The lowest BCUT2D eigenvalue weighted by molar-refractivity contribution is -0.125. The Hall–Kier alpha value is -3.20. The molecule has 3 heteroatoms. The first-order valence-corrected chi connectivity index (χ1v) is 11.3. The molecule has 0 aliphatic heterocycles. The van der Waals surface area contributed by atoms with Gasteiger partial charge in [-0.25, -0.2) is 0 Å². The van der Waals surface area contributed by atoms with Crippen LogP contribution in [0.3, 0.4) is 0 Å². The Morgan fingerprint density at radius 2 is 1.48 bits per heavy atom. The molecule has 2 aromatic rings. The average molecular weight is 444 g/mol. The molecule has 1 amide bonds. The van der Waals surface area contributed by atoms with E-state index < -0.39 is 0 Å². The fourth-order valence-electron chi connectivity index (χ4n) is 4.28. The third-order valence-electron chi connectivity index (χ3n) is 6.40. The van der Waals surface area contributed by atoms with Crippen LogP contribution in [0.5, 0.6) is 0 Å². The van der Waals surface area contributed by atoms with Gasteiger partial charge in [-0.05, 0) is 64.9 Å². The van der Waals surface area contributed by atoms with E-state index in [1.54, 1.807) is 17.1 Å². The monoisotopic (exact) mass is 443 g/mol. The number of carbonyl (C=O) groups is 2. The third kappa shape index (κ3) is 5.60. The molecular weight excluding hydrogens is 406 g/mol. The smallest absolute Gasteiger partial charge is 0.246 e. The first-order valence-electron chi connectivity index (χ1n) is 11.3. The predicted molar refractivity (Wildman–Crippen MR) is 139 cm³/mol. The molecule has 1 aliphatic carbocycles. The second-order valence-electron chi connectivity index (χ2n) is 9.86. The number of benzene rings is 2. The van der Waals surface area contributed by atoms with E-state index in [1.807, 2.05) is 20.8 Å². The van der Waals surface area contributed by atoms with Crippen LogP contribution in [-0.4, -0.2) is 24.6 Å². The summed E-state index contributed by atoms with van der Waals surface area (Å²) in [7, 11) is 1.82. The van der Waals surface area contributed by atoms with Gasteiger partial charge >= 0.3 is 0 Å². The SMILES string of the molecule is C=C(c1ccc(CN(C)C(=O)/C=C\C)cc1)c1cc2c(cc1C)C(C)(C)C=CC2(C)C.C=O. The van der Waals surface area contributed by atoms with Crippen molar-refractivity contribution < 1.29 is 9.59 Å². The van der Waals surface area contributed by atoms with Crippen molar-refractivity contribution in [1.29, 1.82) is 0 Å². The Bertz CT molecular complexity index is 1090. The van der Waals surface area contributed by atoms with Gasteiger partial charge < -0.3 is 9.69 Å². The molecule has 3 nitrogen and oxygen atoms in total. The zero-order chi connectivity index (χ0) is 25.0. The van der Waals surface area contributed by atoms with Crippen LogP contribution in [0, 0.1) is 6.92 Å². The lowest BCUT2D eigenvalue weighted by Crippen LogP contribution is -2.29. The summed E-state index contributed by atoms with van der Waals surface area (Å²) in [6.45, 7) is 20.2. The number of hydrogen-bond donors (Lipinski definition) is 0. The van der Waals surface area contributed by atoms with Crippen molar-refractivity contribution in [2.45, 2.75) is 58.9 Å². The number of hydrogen-bond acceptors (Lipinski definition) is 2. The zero-order valence-electron chi connectivity index (χ0n) is 21.2. The van der Waals surface area contributed by atoms with Crippen LogP contribution in [0.2, 0.25) is 0 Å². The molecule has 3 rings (SSSR count). The number of allylic oxidation sites excluding steroid dienone is 3. The van der Waals surface area contributed by atoms with Crippen molar-refractivity contribution in [3.8, 4) is 0 Å². The van der Waals surface area contributed by atoms with Gasteiger partial charge in [0.2, 0.25) is 5.91 Å². The molecule has 0 fully saturated rings. The maximum absolute atomic E-state index is 12.0. The molecule has 174 valence electrons. The van der Waals surface area contributed by atoms with Crippen LogP contribution in [0.4, 0.5) is 0 Å². The highest BCUT2D eigenvalue weighted by molar-refractivity contribution is 5.87. The second-order valence-corrected chi connectivity index (χ2v) is 9.86. The van der Waals surface area contributed by atoms with Crippen molar-refractivity contribution in [1.82, 2.24) is 4.90 Å². The highest BCUT2D eigenvalue weighted by atomic mass is 16.2. The molecule has 0 saturated heterocycles. The molecule has 0 bridgehead atoms. The predicted octanol–water partition coefficient (Wildman–Crippen LogP) is 6.53. The summed E-state index contributed by atoms with van der Waals surface area (Å²) in [5, 5.41) is 0. The molecular formula is C30H37NO2. The summed E-state index contributed by atoms with van der Waals surface area (Å²) in [5.74, 6) is 0.0141. The minimum atomic E-state index is 0.00149. The molecule has 0 unspecified atom stereocenters. The highest BCUT2D eigenvalue weighted by Gasteiger charge is 2.33. The standard InChI is InChI=1S/C29H35NO.CH2O/c1-9-10-27(31)30(8)19-22-11-13-23(14-12-22)21(3)24-18-26-25(17-20(24)2)28(4,5)15-16-29(26,6)7;1-2/h9-18H,3,19H2,1-2,4-8H3;1H2/b10-9-;. The number of aryl methyl sites for hydroxylation is 1. The lowest BCUT2D eigenvalue weighted by atomic mass is 9.67. The Labute approximate surface area is 199 Å². The van der Waals surface area contributed by atoms with E-state index in [0.717, 1.165) is 16.7 Å². The van der Waals surface area contributed by atoms with Gasteiger partial charge in [0, 0.05) is 24.4 Å². The minimum absolute atomic E-state index is 0.00149. The Morgan fingerprint density at radius 3 is 2.00 bits per heavy atom. The highest BCUT2D eigenvalue weighted by Crippen LogP contribution is 2.43. The largest absolute Gasteiger partial charge is 0.338 e. The van der Waals surface area contributed by atoms with Crippen LogP contribution < -0.4 is 0 Å². The van der Waals surface area contributed by atoms with E-state index in [4.69, 9.17) is 4.79 Å². The van der Waals surface area contributed by atoms with Gasteiger partial charge in [0.1, 0.15) is 6.79 Å². The Morgan fingerprint density at radius 1 is 0.970 bits per heavy atom. The van der Waals surface area contributed by atoms with Crippen LogP contribution in [0.15, 0.2) is 67.3 Å². The van der Waals surface area contributed by atoms with Crippen LogP contribution >= 0.6 is 0 Å². The molecule has 33 heavy (non-hydrogen) atoms. The third-order valence-corrected chi connectivity index (χ3v) is 6.40. The molecule has 2 aromatic carbocycles. The van der Waals surface area contributed by atoms with E-state index >= 15 is 0 Å². The van der Waals surface area contributed by atoms with Crippen molar-refractivity contribution in [2.75, 3.05) is 7.05 Å². The lowest BCUT2D eigenvalue weighted by Gasteiger charge is -2.37. The molecule has 0 saturated carbocycles. The van der Waals surface area contributed by atoms with E-state index in [0.29, 0.717) is 6.54 Å². The number of rotatable bonds is 5. The van der Waals surface area contributed by atoms with E-state index in [2.05, 4.69) is 89.7 Å². The number of fused-ring (bicyclic) bond motifs is 1. The summed E-state index contributed by atoms with van der Waals surface area (Å²) in [6.07, 6.45) is 8.02. The fourth-order valence-corrected chi connectivity index (χ4v) is 4.28. The quantitative estimate of drug-likeness (QED) is 0.389. The van der Waals surface area contributed by atoms with Gasteiger partial charge in [0.05, 0.1) is 0 Å². The topological polar surface area (TPSA) is 37.4 Å². The molecule has 0 N–H and O–H groups in total. The fraction of sp³-hybridized carbons (Fsp3) is 0.333. The molecule has 0 spiro atoms. The van der Waals surface area contributed by atoms with Crippen molar-refractivity contribution in [3.63, 3.8) is 0 Å². The molecule has 0 atom stereocenters. The molecule has 0 aromatic heterocycles. The molecule has 0 radical (unpaired) electrons. The Kier molecular flexibility index (Phi) is 8.02. The first kappa shape index (κ1) is 26.1. The summed E-state index contributed by atoms with van der Waals surface area (Å²) >= 11 is 0. The van der Waals surface area contributed by atoms with Crippen LogP contribution in [0.1, 0.15) is 68.0 Å².